The van der Waals surface area contributed by atoms with Crippen molar-refractivity contribution in [2.24, 2.45) is 10.3 Å². The molecule has 1 saturated heterocycles. The highest BCUT2D eigenvalue weighted by Crippen LogP contribution is 2.30. The van der Waals surface area contributed by atoms with Crippen LogP contribution in [0.1, 0.15) is 18.4 Å². The monoisotopic (exact) mass is 399 g/mol. The fraction of sp³-hybridized carbons (Fsp3) is 0.300. The topological polar surface area (TPSA) is 88.1 Å². The van der Waals surface area contributed by atoms with Gasteiger partial charge in [-0.2, -0.15) is 8.42 Å². The molecule has 1 fully saturated rings. The van der Waals surface area contributed by atoms with Crippen LogP contribution in [0.25, 0.3) is 0 Å². The van der Waals surface area contributed by atoms with Crippen LogP contribution < -0.4 is 10.1 Å². The van der Waals surface area contributed by atoms with E-state index in [1.54, 1.807) is 55.6 Å². The first-order valence-corrected chi connectivity index (χ1v) is 10.6. The van der Waals surface area contributed by atoms with Gasteiger partial charge in [0.05, 0.1) is 13.0 Å². The first-order chi connectivity index (χ1) is 13.5. The molecule has 1 N–H and O–H groups in total. The number of fused-ring (bicyclic) bond motifs is 1. The van der Waals surface area contributed by atoms with E-state index in [2.05, 4.69) is 9.71 Å². The zero-order valence-corrected chi connectivity index (χ0v) is 16.3. The Morgan fingerprint density at radius 1 is 1.18 bits per heavy atom. The Balaban J connectivity index is 1.49. The van der Waals surface area contributed by atoms with E-state index in [0.29, 0.717) is 30.2 Å². The van der Waals surface area contributed by atoms with Crippen LogP contribution in [0.3, 0.4) is 0 Å². The number of amides is 1. The maximum absolute atomic E-state index is 12.7. The molecule has 2 aliphatic heterocycles. The Bertz CT molecular complexity index is 1030. The summed E-state index contributed by atoms with van der Waals surface area (Å²) in [6.45, 7) is 1.11. The number of hydrogen-bond donors (Lipinski definition) is 1. The van der Waals surface area contributed by atoms with Gasteiger partial charge in [-0.05, 0) is 49.2 Å². The number of benzene rings is 2. The molecule has 8 heteroatoms. The van der Waals surface area contributed by atoms with Gasteiger partial charge in [0, 0.05) is 24.3 Å². The lowest BCUT2D eigenvalue weighted by atomic mass is 9.96. The van der Waals surface area contributed by atoms with Gasteiger partial charge in [-0.3, -0.25) is 4.79 Å². The summed E-state index contributed by atoms with van der Waals surface area (Å²) in [5.41, 5.74) is 1.31. The average Bonchev–Trinajstić information content (AvgIpc) is 3.00. The van der Waals surface area contributed by atoms with Gasteiger partial charge in [-0.25, -0.2) is 0 Å². The molecular weight excluding hydrogens is 378 g/mol. The van der Waals surface area contributed by atoms with Crippen molar-refractivity contribution in [3.63, 3.8) is 0 Å². The molecule has 1 amide bonds. The molecule has 1 atom stereocenters. The normalized spacial score (nSPS) is 20.2. The van der Waals surface area contributed by atoms with Crippen LogP contribution in [0.15, 0.2) is 57.8 Å². The van der Waals surface area contributed by atoms with Crippen molar-refractivity contribution < 1.29 is 17.9 Å². The minimum Gasteiger partial charge on any atom is -0.497 e. The molecule has 0 aromatic heterocycles. The average molecular weight is 399 g/mol. The highest BCUT2D eigenvalue weighted by molar-refractivity contribution is 7.90. The van der Waals surface area contributed by atoms with E-state index in [1.165, 1.54) is 0 Å². The molecule has 0 spiro atoms. The molecular formula is C20H21N3O4S. The third kappa shape index (κ3) is 3.47. The maximum atomic E-state index is 12.7. The van der Waals surface area contributed by atoms with Crippen LogP contribution in [0.5, 0.6) is 5.75 Å². The predicted molar refractivity (Wildman–Crippen MR) is 106 cm³/mol. The lowest BCUT2D eigenvalue weighted by Gasteiger charge is -2.33. The summed E-state index contributed by atoms with van der Waals surface area (Å²) in [6, 6.07) is 14.0. The Morgan fingerprint density at radius 3 is 2.68 bits per heavy atom. The second kappa shape index (κ2) is 7.27. The molecule has 2 aromatic carbocycles. The van der Waals surface area contributed by atoms with E-state index in [-0.39, 0.29) is 16.7 Å². The molecule has 0 aliphatic carbocycles. The first-order valence-electron chi connectivity index (χ1n) is 9.12. The van der Waals surface area contributed by atoms with Crippen LogP contribution >= 0.6 is 0 Å². The third-order valence-electron chi connectivity index (χ3n) is 5.06. The molecule has 0 unspecified atom stereocenters. The summed E-state index contributed by atoms with van der Waals surface area (Å²) >= 11 is 0. The van der Waals surface area contributed by atoms with Crippen molar-refractivity contribution in [2.75, 3.05) is 25.5 Å². The van der Waals surface area contributed by atoms with Crippen LogP contribution in [0.2, 0.25) is 0 Å². The summed E-state index contributed by atoms with van der Waals surface area (Å²) in [6.07, 6.45) is 1.54. The second-order valence-corrected chi connectivity index (χ2v) is 8.46. The molecule has 4 rings (SSSR count). The van der Waals surface area contributed by atoms with Gasteiger partial charge in [-0.15, -0.1) is 4.40 Å². The summed E-state index contributed by atoms with van der Waals surface area (Å²) < 4.78 is 33.7. The lowest BCUT2D eigenvalue weighted by molar-refractivity contribution is -0.121. The Kier molecular flexibility index (Phi) is 4.80. The van der Waals surface area contributed by atoms with Gasteiger partial charge < -0.3 is 15.0 Å². The molecule has 0 radical (unpaired) electrons. The van der Waals surface area contributed by atoms with E-state index in [9.17, 15) is 13.2 Å². The smallest absolute Gasteiger partial charge is 0.285 e. The van der Waals surface area contributed by atoms with Crippen molar-refractivity contribution in [1.82, 2.24) is 4.90 Å². The number of methoxy groups -OCH3 is 1. The van der Waals surface area contributed by atoms with Crippen LogP contribution in [0, 0.1) is 5.92 Å². The largest absolute Gasteiger partial charge is 0.497 e. The number of amidine groups is 1. The molecule has 2 aromatic rings. The van der Waals surface area contributed by atoms with Gasteiger partial charge in [0.2, 0.25) is 5.91 Å². The number of nitrogens with zero attached hydrogens (tertiary/aromatic N) is 2. The third-order valence-corrected chi connectivity index (χ3v) is 6.39. The predicted octanol–water partition coefficient (Wildman–Crippen LogP) is 2.49. The molecule has 2 aliphatic rings. The summed E-state index contributed by atoms with van der Waals surface area (Å²) in [4.78, 5) is 14.9. The molecule has 28 heavy (non-hydrogen) atoms. The molecule has 0 bridgehead atoms. The Labute approximate surface area is 164 Å². The number of hydrogen-bond acceptors (Lipinski definition) is 5. The number of carbonyl (C=O) groups is 1. The zero-order chi connectivity index (χ0) is 19.7. The highest BCUT2D eigenvalue weighted by atomic mass is 32.2. The molecule has 7 nitrogen and oxygen atoms in total. The number of carbonyl (C=O) groups excluding carboxylic acids is 1. The number of nitrogens with one attached hydrogen (secondary N) is 1. The minimum atomic E-state index is -3.66. The second-order valence-electron chi connectivity index (χ2n) is 6.89. The summed E-state index contributed by atoms with van der Waals surface area (Å²) in [7, 11) is -2.07. The van der Waals surface area contributed by atoms with Crippen LogP contribution in [-0.2, 0) is 14.8 Å². The van der Waals surface area contributed by atoms with E-state index < -0.39 is 10.0 Å². The number of sulfonamides is 1. The maximum Gasteiger partial charge on any atom is 0.285 e. The number of likely N-dealkylation sites (tertiary alicyclic amines) is 1. The van der Waals surface area contributed by atoms with E-state index in [0.717, 1.165) is 18.6 Å². The van der Waals surface area contributed by atoms with Crippen molar-refractivity contribution in [3.05, 3.63) is 54.1 Å². The van der Waals surface area contributed by atoms with Crippen molar-refractivity contribution in [1.29, 1.82) is 0 Å². The fourth-order valence-corrected chi connectivity index (χ4v) is 4.85. The number of anilines is 1. The van der Waals surface area contributed by atoms with Gasteiger partial charge in [0.25, 0.3) is 10.0 Å². The Morgan fingerprint density at radius 2 is 1.93 bits per heavy atom. The minimum absolute atomic E-state index is 0.0791. The van der Waals surface area contributed by atoms with Gasteiger partial charge in [0.15, 0.2) is 5.84 Å². The van der Waals surface area contributed by atoms with Gasteiger partial charge in [-0.1, -0.05) is 12.1 Å². The highest BCUT2D eigenvalue weighted by Gasteiger charge is 2.35. The standard InChI is InChI=1S/C20H21N3O4S/c1-27-16-10-8-15(9-11-16)21-20(24)14-5-4-12-23(13-14)19-17-6-2-3-7-18(17)28(25,26)22-19/h2-3,6-11,14H,4-5,12-13H2,1H3,(H,21,24)/t14-/m0/s1. The summed E-state index contributed by atoms with van der Waals surface area (Å²) in [5, 5.41) is 2.93. The number of ether oxygens (including phenoxy) is 1. The van der Waals surface area contributed by atoms with Crippen molar-refractivity contribution in [2.45, 2.75) is 17.7 Å². The van der Waals surface area contributed by atoms with Crippen molar-refractivity contribution >= 4 is 27.5 Å². The van der Waals surface area contributed by atoms with E-state index >= 15 is 0 Å². The van der Waals surface area contributed by atoms with Gasteiger partial charge in [0.1, 0.15) is 10.6 Å². The summed E-state index contributed by atoms with van der Waals surface area (Å²) in [5.74, 6) is 0.845. The zero-order valence-electron chi connectivity index (χ0n) is 15.5. The molecule has 2 heterocycles. The van der Waals surface area contributed by atoms with Gasteiger partial charge >= 0.3 is 0 Å². The lowest BCUT2D eigenvalue weighted by Crippen LogP contribution is -2.43. The molecule has 146 valence electrons. The van der Waals surface area contributed by atoms with Crippen molar-refractivity contribution in [3.8, 4) is 5.75 Å². The Hall–Kier alpha value is -2.87. The number of piperidine rings is 1. The first kappa shape index (κ1) is 18.5. The molecule has 0 saturated carbocycles. The number of rotatable bonds is 3. The van der Waals surface area contributed by atoms with E-state index in [4.69, 9.17) is 4.74 Å². The SMILES string of the molecule is COc1ccc(NC(=O)[C@H]2CCCN(C3=NS(=O)(=O)c4ccccc43)C2)cc1. The van der Waals surface area contributed by atoms with Crippen LogP contribution in [0.4, 0.5) is 5.69 Å². The fourth-order valence-electron chi connectivity index (χ4n) is 3.62. The van der Waals surface area contributed by atoms with Crippen LogP contribution in [-0.4, -0.2) is 45.3 Å². The van der Waals surface area contributed by atoms with E-state index in [1.807, 2.05) is 4.90 Å². The quantitative estimate of drug-likeness (QED) is 0.857.